The van der Waals surface area contributed by atoms with Gasteiger partial charge in [-0.2, -0.15) is 0 Å². The fourth-order valence-electron chi connectivity index (χ4n) is 4.26. The first kappa shape index (κ1) is 25.1. The van der Waals surface area contributed by atoms with E-state index in [1.165, 1.54) is 28.0 Å². The summed E-state index contributed by atoms with van der Waals surface area (Å²) in [5.41, 5.74) is 0. The Morgan fingerprint density at radius 3 is 1.58 bits per heavy atom. The van der Waals surface area contributed by atoms with Crippen molar-refractivity contribution in [3.05, 3.63) is 121 Å². The van der Waals surface area contributed by atoms with Gasteiger partial charge in [-0.3, -0.25) is 0 Å². The molecule has 0 amide bonds. The van der Waals surface area contributed by atoms with Crippen LogP contribution in [0, 0.1) is 5.82 Å². The molecule has 0 unspecified atom stereocenters. The van der Waals surface area contributed by atoms with Gasteiger partial charge in [-0.25, -0.2) is 4.39 Å². The average Bonchev–Trinajstić information content (AvgIpc) is 2.85. The molecule has 0 spiro atoms. The lowest BCUT2D eigenvalue weighted by atomic mass is 10.2. The van der Waals surface area contributed by atoms with Gasteiger partial charge in [-0.1, -0.05) is 60.7 Å². The second kappa shape index (κ2) is 12.7. The Kier molecular flexibility index (Phi) is 9.66. The monoisotopic (exact) mass is 522 g/mol. The highest BCUT2D eigenvalue weighted by Gasteiger charge is 2.44. The van der Waals surface area contributed by atoms with Crippen LogP contribution in [0.5, 0.6) is 5.75 Å². The maximum atomic E-state index is 13.3. The molecule has 0 aliphatic heterocycles. The lowest BCUT2D eigenvalue weighted by Crippen LogP contribution is -3.00. The van der Waals surface area contributed by atoms with E-state index >= 15 is 0 Å². The molecule has 0 aliphatic carbocycles. The summed E-state index contributed by atoms with van der Waals surface area (Å²) in [6.45, 7) is 0.608. The number of hydrogen-bond donors (Lipinski definition) is 0. The van der Waals surface area contributed by atoms with Gasteiger partial charge in [-0.15, -0.1) is 0 Å². The second-order valence-electron chi connectivity index (χ2n) is 7.91. The van der Waals surface area contributed by atoms with Gasteiger partial charge >= 0.3 is 0 Å². The van der Waals surface area contributed by atoms with Crippen molar-refractivity contribution in [3.63, 3.8) is 0 Å². The summed E-state index contributed by atoms with van der Waals surface area (Å²) in [4.78, 5) is 0. The Hall–Kier alpha value is -2.48. The molecule has 0 saturated heterocycles. The minimum Gasteiger partial charge on any atom is -1.00 e. The van der Waals surface area contributed by atoms with Gasteiger partial charge in [0, 0.05) is 6.07 Å². The summed E-state index contributed by atoms with van der Waals surface area (Å²) in [5, 5.41) is 4.27. The van der Waals surface area contributed by atoms with Crippen molar-refractivity contribution in [1.82, 2.24) is 0 Å². The molecule has 4 aromatic rings. The summed E-state index contributed by atoms with van der Waals surface area (Å²) in [6.07, 6.45) is 4.25. The van der Waals surface area contributed by atoms with E-state index in [4.69, 9.17) is 4.74 Å². The van der Waals surface area contributed by atoms with Crippen LogP contribution < -0.4 is 37.6 Å². The molecular weight excluding hydrogens is 494 g/mol. The maximum absolute atomic E-state index is 13.3. The summed E-state index contributed by atoms with van der Waals surface area (Å²) in [5.74, 6) is 0.343. The quantitative estimate of drug-likeness (QED) is 0.229. The first-order valence-corrected chi connectivity index (χ1v) is 13.2. The van der Waals surface area contributed by atoms with Crippen molar-refractivity contribution in [2.75, 3.05) is 12.8 Å². The fraction of sp³-hybridized carbons (Fsp3) is 0.172. The molecule has 0 heterocycles. The van der Waals surface area contributed by atoms with E-state index < -0.39 is 7.26 Å². The number of hydrogen-bond acceptors (Lipinski definition) is 1. The van der Waals surface area contributed by atoms with Gasteiger partial charge in [0.1, 0.15) is 34.7 Å². The normalized spacial score (nSPS) is 10.9. The number of halogens is 2. The van der Waals surface area contributed by atoms with Crippen molar-refractivity contribution in [1.29, 1.82) is 0 Å². The van der Waals surface area contributed by atoms with Crippen molar-refractivity contribution >= 4 is 23.2 Å². The van der Waals surface area contributed by atoms with Gasteiger partial charge in [-0.05, 0) is 67.8 Å². The zero-order chi connectivity index (χ0) is 22.1. The number of rotatable bonds is 10. The summed E-state index contributed by atoms with van der Waals surface area (Å²) >= 11 is 0. The van der Waals surface area contributed by atoms with Gasteiger partial charge in [0.15, 0.2) is 0 Å². The second-order valence-corrected chi connectivity index (χ2v) is 11.5. The van der Waals surface area contributed by atoms with Crippen LogP contribution in [0.1, 0.15) is 19.3 Å². The highest BCUT2D eigenvalue weighted by Crippen LogP contribution is 2.55. The van der Waals surface area contributed by atoms with E-state index in [2.05, 4.69) is 91.0 Å². The highest BCUT2D eigenvalue weighted by atomic mass is 79.9. The smallest absolute Gasteiger partial charge is 0.126 e. The van der Waals surface area contributed by atoms with Crippen LogP contribution in [-0.2, 0) is 0 Å². The Morgan fingerprint density at radius 2 is 1.09 bits per heavy atom. The number of unbranched alkanes of at least 4 members (excludes halogenated alkanes) is 2. The zero-order valence-electron chi connectivity index (χ0n) is 18.6. The Morgan fingerprint density at radius 1 is 0.576 bits per heavy atom. The van der Waals surface area contributed by atoms with Crippen molar-refractivity contribution in [3.8, 4) is 5.75 Å². The molecule has 1 nitrogen and oxygen atoms in total. The summed E-state index contributed by atoms with van der Waals surface area (Å²) in [7, 11) is -1.76. The molecule has 0 radical (unpaired) electrons. The first-order chi connectivity index (χ1) is 15.8. The van der Waals surface area contributed by atoms with Crippen LogP contribution >= 0.6 is 7.26 Å². The van der Waals surface area contributed by atoms with E-state index in [0.717, 1.165) is 25.4 Å². The molecule has 0 bridgehead atoms. The molecule has 0 aliphatic rings. The molecule has 4 aromatic carbocycles. The topological polar surface area (TPSA) is 9.23 Å². The molecule has 0 atom stereocenters. The molecule has 170 valence electrons. The maximum Gasteiger partial charge on any atom is 0.126 e. The first-order valence-electron chi connectivity index (χ1n) is 11.2. The van der Waals surface area contributed by atoms with E-state index in [-0.39, 0.29) is 22.8 Å². The lowest BCUT2D eigenvalue weighted by Gasteiger charge is -2.27. The van der Waals surface area contributed by atoms with Gasteiger partial charge in [0.05, 0.1) is 12.8 Å². The van der Waals surface area contributed by atoms with Crippen molar-refractivity contribution in [2.24, 2.45) is 0 Å². The highest BCUT2D eigenvalue weighted by molar-refractivity contribution is 7.95. The molecule has 0 fully saturated rings. The van der Waals surface area contributed by atoms with Gasteiger partial charge in [0.2, 0.25) is 0 Å². The Bertz CT molecular complexity index is 993. The molecule has 4 rings (SSSR count). The van der Waals surface area contributed by atoms with Crippen LogP contribution in [0.2, 0.25) is 0 Å². The predicted octanol–water partition coefficient (Wildman–Crippen LogP) is 3.37. The fourth-order valence-corrected chi connectivity index (χ4v) is 8.67. The van der Waals surface area contributed by atoms with Crippen LogP contribution in [0.4, 0.5) is 4.39 Å². The molecule has 0 N–H and O–H groups in total. The summed E-state index contributed by atoms with van der Waals surface area (Å²) < 4.78 is 19.1. The van der Waals surface area contributed by atoms with Crippen LogP contribution in [0.25, 0.3) is 0 Å². The number of ether oxygens (including phenoxy) is 1. The van der Waals surface area contributed by atoms with E-state index in [1.54, 1.807) is 12.1 Å². The number of benzene rings is 4. The van der Waals surface area contributed by atoms with E-state index in [1.807, 2.05) is 0 Å². The van der Waals surface area contributed by atoms with E-state index in [9.17, 15) is 4.39 Å². The van der Waals surface area contributed by atoms with Gasteiger partial charge < -0.3 is 21.7 Å². The average molecular weight is 523 g/mol. The molecule has 33 heavy (non-hydrogen) atoms. The minimum atomic E-state index is -1.76. The minimum absolute atomic E-state index is 0. The molecule has 0 aromatic heterocycles. The third kappa shape index (κ3) is 6.31. The van der Waals surface area contributed by atoms with E-state index in [0.29, 0.717) is 12.4 Å². The van der Waals surface area contributed by atoms with Gasteiger partial charge in [0.25, 0.3) is 0 Å². The third-order valence-corrected chi connectivity index (χ3v) is 10.3. The Labute approximate surface area is 207 Å². The third-order valence-electron chi connectivity index (χ3n) is 5.79. The zero-order valence-corrected chi connectivity index (χ0v) is 21.1. The molecular formula is C29H29BrFOP. The lowest BCUT2D eigenvalue weighted by molar-refractivity contribution is -0.00000742. The van der Waals surface area contributed by atoms with Crippen molar-refractivity contribution in [2.45, 2.75) is 19.3 Å². The van der Waals surface area contributed by atoms with Crippen molar-refractivity contribution < 1.29 is 26.1 Å². The predicted molar refractivity (Wildman–Crippen MR) is 136 cm³/mol. The van der Waals surface area contributed by atoms with Crippen LogP contribution in [0.15, 0.2) is 115 Å². The molecule has 4 heteroatoms. The van der Waals surface area contributed by atoms with Crippen LogP contribution in [-0.4, -0.2) is 12.8 Å². The molecule has 0 saturated carbocycles. The SMILES string of the molecule is Fc1cccc(OCCCCC[P+](c2ccccc2)(c2ccccc2)c2ccccc2)c1.[Br-]. The van der Waals surface area contributed by atoms with Crippen LogP contribution in [0.3, 0.4) is 0 Å². The standard InChI is InChI=1S/C29H29FOP.BrH/c30-25-14-13-15-26(24-25)31-22-11-4-12-23-32(27-16-5-1-6-17-27,28-18-7-2-8-19-28)29-20-9-3-10-21-29;/h1-3,5-10,13-21,24H,4,11-12,22-23H2;1H/q+1;/p-1. The Balaban J connectivity index is 0.00000306. The summed E-state index contributed by atoms with van der Waals surface area (Å²) in [6, 6.07) is 39.3. The largest absolute Gasteiger partial charge is 1.00 e.